The molecule has 1 aromatic rings. The maximum Gasteiger partial charge on any atom is 0.242 e. The first-order chi connectivity index (χ1) is 8.65. The SMILES string of the molecule is CNc1ncnc(N2CCOCC2C(N)=O)c1Br. The Kier molecular flexibility index (Phi) is 3.97. The van der Waals surface area contributed by atoms with Crippen LogP contribution in [0.5, 0.6) is 0 Å². The number of rotatable bonds is 3. The van der Waals surface area contributed by atoms with E-state index in [9.17, 15) is 4.79 Å². The van der Waals surface area contributed by atoms with Crippen LogP contribution >= 0.6 is 15.9 Å². The predicted octanol–water partition coefficient (Wildman–Crippen LogP) is -0.0287. The van der Waals surface area contributed by atoms with Crippen molar-refractivity contribution in [1.82, 2.24) is 9.97 Å². The van der Waals surface area contributed by atoms with Crippen LogP contribution in [0.15, 0.2) is 10.8 Å². The molecule has 1 amide bonds. The number of halogens is 1. The number of hydrogen-bond acceptors (Lipinski definition) is 6. The second kappa shape index (κ2) is 5.49. The number of hydrogen-bond donors (Lipinski definition) is 2. The van der Waals surface area contributed by atoms with Crippen molar-refractivity contribution < 1.29 is 9.53 Å². The summed E-state index contributed by atoms with van der Waals surface area (Å²) >= 11 is 3.43. The summed E-state index contributed by atoms with van der Waals surface area (Å²) in [5.74, 6) is 0.877. The molecule has 0 saturated carbocycles. The fraction of sp³-hybridized carbons (Fsp3) is 0.500. The Morgan fingerprint density at radius 3 is 3.11 bits per heavy atom. The number of ether oxygens (including phenoxy) is 1. The maximum atomic E-state index is 11.4. The number of anilines is 2. The third-order valence-electron chi connectivity index (χ3n) is 2.74. The van der Waals surface area contributed by atoms with Crippen molar-refractivity contribution in [3.05, 3.63) is 10.8 Å². The molecule has 1 aliphatic heterocycles. The molecule has 1 aromatic heterocycles. The van der Waals surface area contributed by atoms with Crippen LogP contribution < -0.4 is 16.0 Å². The molecular formula is C10H14BrN5O2. The maximum absolute atomic E-state index is 11.4. The summed E-state index contributed by atoms with van der Waals surface area (Å²) in [5.41, 5.74) is 5.38. The van der Waals surface area contributed by atoms with Gasteiger partial charge in [0, 0.05) is 13.6 Å². The van der Waals surface area contributed by atoms with Gasteiger partial charge in [0.1, 0.15) is 28.5 Å². The highest BCUT2D eigenvalue weighted by Gasteiger charge is 2.30. The average molecular weight is 316 g/mol. The highest BCUT2D eigenvalue weighted by molar-refractivity contribution is 9.10. The smallest absolute Gasteiger partial charge is 0.242 e. The lowest BCUT2D eigenvalue weighted by molar-refractivity contribution is -0.121. The van der Waals surface area contributed by atoms with Gasteiger partial charge in [0.25, 0.3) is 0 Å². The Balaban J connectivity index is 2.36. The van der Waals surface area contributed by atoms with Crippen LogP contribution in [0.25, 0.3) is 0 Å². The van der Waals surface area contributed by atoms with Gasteiger partial charge in [-0.1, -0.05) is 0 Å². The number of aromatic nitrogens is 2. The van der Waals surface area contributed by atoms with E-state index in [0.29, 0.717) is 29.3 Å². The number of amides is 1. The van der Waals surface area contributed by atoms with Gasteiger partial charge < -0.3 is 20.7 Å². The van der Waals surface area contributed by atoms with Crippen molar-refractivity contribution in [2.24, 2.45) is 5.73 Å². The summed E-state index contributed by atoms with van der Waals surface area (Å²) in [5, 5.41) is 2.95. The van der Waals surface area contributed by atoms with E-state index >= 15 is 0 Å². The van der Waals surface area contributed by atoms with Crippen LogP contribution in [0, 0.1) is 0 Å². The van der Waals surface area contributed by atoms with Crippen LogP contribution in [-0.4, -0.2) is 48.7 Å². The molecule has 2 heterocycles. The van der Waals surface area contributed by atoms with E-state index in [1.165, 1.54) is 6.33 Å². The first kappa shape index (κ1) is 13.0. The second-order valence-corrected chi connectivity index (χ2v) is 4.59. The minimum Gasteiger partial charge on any atom is -0.377 e. The quantitative estimate of drug-likeness (QED) is 0.813. The molecular weight excluding hydrogens is 302 g/mol. The average Bonchev–Trinajstić information content (AvgIpc) is 2.39. The number of carbonyl (C=O) groups is 1. The summed E-state index contributed by atoms with van der Waals surface area (Å²) in [4.78, 5) is 21.5. The fourth-order valence-electron chi connectivity index (χ4n) is 1.83. The number of nitrogens with zero attached hydrogens (tertiary/aromatic N) is 3. The first-order valence-electron chi connectivity index (χ1n) is 5.47. The van der Waals surface area contributed by atoms with Crippen molar-refractivity contribution in [2.45, 2.75) is 6.04 Å². The van der Waals surface area contributed by atoms with Gasteiger partial charge in [0.05, 0.1) is 13.2 Å². The van der Waals surface area contributed by atoms with Crippen molar-refractivity contribution in [2.75, 3.05) is 37.0 Å². The van der Waals surface area contributed by atoms with Crippen LogP contribution in [0.3, 0.4) is 0 Å². The van der Waals surface area contributed by atoms with E-state index in [2.05, 4.69) is 31.2 Å². The Hall–Kier alpha value is -1.41. The van der Waals surface area contributed by atoms with Gasteiger partial charge in [-0.25, -0.2) is 9.97 Å². The van der Waals surface area contributed by atoms with E-state index in [0.717, 1.165) is 0 Å². The lowest BCUT2D eigenvalue weighted by Crippen LogP contribution is -2.53. The van der Waals surface area contributed by atoms with E-state index in [1.54, 1.807) is 7.05 Å². The molecule has 0 spiro atoms. The molecule has 1 atom stereocenters. The van der Waals surface area contributed by atoms with Crippen LogP contribution in [-0.2, 0) is 9.53 Å². The topological polar surface area (TPSA) is 93.4 Å². The molecule has 98 valence electrons. The molecule has 7 nitrogen and oxygen atoms in total. The number of carbonyl (C=O) groups excluding carboxylic acids is 1. The van der Waals surface area contributed by atoms with Crippen LogP contribution in [0.4, 0.5) is 11.6 Å². The summed E-state index contributed by atoms with van der Waals surface area (Å²) in [7, 11) is 1.77. The number of nitrogens with two attached hydrogens (primary N) is 1. The van der Waals surface area contributed by atoms with Gasteiger partial charge in [-0.3, -0.25) is 4.79 Å². The molecule has 2 rings (SSSR count). The summed E-state index contributed by atoms with van der Waals surface area (Å²) < 4.78 is 5.98. The van der Waals surface area contributed by atoms with Crippen LogP contribution in [0.1, 0.15) is 0 Å². The van der Waals surface area contributed by atoms with Crippen LogP contribution in [0.2, 0.25) is 0 Å². The predicted molar refractivity (Wildman–Crippen MR) is 70.4 cm³/mol. The first-order valence-corrected chi connectivity index (χ1v) is 6.26. The second-order valence-electron chi connectivity index (χ2n) is 3.80. The van der Waals surface area contributed by atoms with E-state index in [4.69, 9.17) is 10.5 Å². The Bertz CT molecular complexity index is 456. The van der Waals surface area contributed by atoms with Gasteiger partial charge in [-0.15, -0.1) is 0 Å². The lowest BCUT2D eigenvalue weighted by atomic mass is 10.2. The monoisotopic (exact) mass is 315 g/mol. The van der Waals surface area contributed by atoms with E-state index in [1.807, 2.05) is 4.90 Å². The molecule has 3 N–H and O–H groups in total. The van der Waals surface area contributed by atoms with Gasteiger partial charge in [-0.05, 0) is 15.9 Å². The number of primary amides is 1. The van der Waals surface area contributed by atoms with E-state index < -0.39 is 11.9 Å². The van der Waals surface area contributed by atoms with E-state index in [-0.39, 0.29) is 6.61 Å². The normalized spacial score (nSPS) is 19.7. The molecule has 1 unspecified atom stereocenters. The molecule has 0 aromatic carbocycles. The minimum atomic E-state index is -0.505. The standard InChI is InChI=1S/C10H14BrN5O2/c1-13-9-7(11)10(15-5-14-9)16-2-3-18-4-6(16)8(12)17/h5-6H,2-4H2,1H3,(H2,12,17)(H,13,14,15). The Morgan fingerprint density at radius 1 is 1.67 bits per heavy atom. The Morgan fingerprint density at radius 2 is 2.44 bits per heavy atom. The third-order valence-corrected chi connectivity index (χ3v) is 3.47. The summed E-state index contributed by atoms with van der Waals surface area (Å²) in [6, 6.07) is -0.505. The molecule has 0 radical (unpaired) electrons. The fourth-order valence-corrected chi connectivity index (χ4v) is 2.46. The summed E-state index contributed by atoms with van der Waals surface area (Å²) in [6.45, 7) is 1.38. The van der Waals surface area contributed by atoms with Crippen molar-refractivity contribution >= 4 is 33.5 Å². The molecule has 1 fully saturated rings. The molecule has 1 saturated heterocycles. The van der Waals surface area contributed by atoms with Gasteiger partial charge >= 0.3 is 0 Å². The largest absolute Gasteiger partial charge is 0.377 e. The zero-order valence-electron chi connectivity index (χ0n) is 9.89. The van der Waals surface area contributed by atoms with Crippen molar-refractivity contribution in [3.8, 4) is 0 Å². The summed E-state index contributed by atoms with van der Waals surface area (Å²) in [6.07, 6.45) is 1.44. The van der Waals surface area contributed by atoms with Gasteiger partial charge in [0.2, 0.25) is 5.91 Å². The number of morpholine rings is 1. The highest BCUT2D eigenvalue weighted by atomic mass is 79.9. The Labute approximate surface area is 113 Å². The van der Waals surface area contributed by atoms with Gasteiger partial charge in [-0.2, -0.15) is 0 Å². The van der Waals surface area contributed by atoms with Gasteiger partial charge in [0.15, 0.2) is 0 Å². The third kappa shape index (κ3) is 2.39. The zero-order valence-corrected chi connectivity index (χ0v) is 11.5. The zero-order chi connectivity index (χ0) is 13.1. The molecule has 1 aliphatic rings. The molecule has 0 bridgehead atoms. The van der Waals surface area contributed by atoms with Crippen molar-refractivity contribution in [3.63, 3.8) is 0 Å². The molecule has 8 heteroatoms. The van der Waals surface area contributed by atoms with Crippen molar-refractivity contribution in [1.29, 1.82) is 0 Å². The molecule has 0 aliphatic carbocycles. The minimum absolute atomic E-state index is 0.278. The molecule has 18 heavy (non-hydrogen) atoms. The number of nitrogens with one attached hydrogen (secondary N) is 1. The lowest BCUT2D eigenvalue weighted by Gasteiger charge is -2.34. The highest BCUT2D eigenvalue weighted by Crippen LogP contribution is 2.30.